The van der Waals surface area contributed by atoms with Crippen LogP contribution in [0.2, 0.25) is 0 Å². The van der Waals surface area contributed by atoms with E-state index >= 15 is 0 Å². The van der Waals surface area contributed by atoms with Gasteiger partial charge in [-0.15, -0.1) is 0 Å². The summed E-state index contributed by atoms with van der Waals surface area (Å²) in [7, 11) is 0. The molecule has 116 valence electrons. The minimum absolute atomic E-state index is 0.921. The van der Waals surface area contributed by atoms with E-state index in [0.717, 1.165) is 32.7 Å². The molecule has 0 fully saturated rings. The van der Waals surface area contributed by atoms with Crippen LogP contribution in [0.1, 0.15) is 84.5 Å². The predicted octanol–water partition coefficient (Wildman–Crippen LogP) is 4.92. The second-order valence-electron chi connectivity index (χ2n) is 5.50. The van der Waals surface area contributed by atoms with Gasteiger partial charge in [-0.2, -0.15) is 0 Å². The average molecular weight is 271 g/mol. The molecule has 0 aliphatic carbocycles. The predicted molar refractivity (Wildman–Crippen MR) is 85.8 cm³/mol. The van der Waals surface area contributed by atoms with Crippen LogP contribution in [0, 0.1) is 0 Å². The normalized spacial score (nSPS) is 11.1. The first-order chi connectivity index (χ1) is 9.41. The highest BCUT2D eigenvalue weighted by atomic mass is 16.5. The Balaban J connectivity index is 2.88. The van der Waals surface area contributed by atoms with Gasteiger partial charge in [0.05, 0.1) is 0 Å². The van der Waals surface area contributed by atoms with Gasteiger partial charge < -0.3 is 10.1 Å². The molecule has 0 saturated heterocycles. The maximum atomic E-state index is 5.61. The van der Waals surface area contributed by atoms with Gasteiger partial charge in [-0.3, -0.25) is 0 Å². The Kier molecular flexibility index (Phi) is 17.8. The molecule has 0 radical (unpaired) electrons. The van der Waals surface area contributed by atoms with Crippen LogP contribution < -0.4 is 5.32 Å². The van der Waals surface area contributed by atoms with E-state index < -0.39 is 0 Å². The van der Waals surface area contributed by atoms with Gasteiger partial charge in [0, 0.05) is 13.2 Å². The molecule has 0 aliphatic heterocycles. The fourth-order valence-corrected chi connectivity index (χ4v) is 2.27. The summed E-state index contributed by atoms with van der Waals surface area (Å²) in [5, 5.41) is 3.31. The van der Waals surface area contributed by atoms with Crippen LogP contribution >= 0.6 is 0 Å². The summed E-state index contributed by atoms with van der Waals surface area (Å²) < 4.78 is 5.61. The van der Waals surface area contributed by atoms with Crippen molar-refractivity contribution in [1.82, 2.24) is 5.32 Å². The topological polar surface area (TPSA) is 21.3 Å². The monoisotopic (exact) mass is 271 g/mol. The summed E-state index contributed by atoms with van der Waals surface area (Å²) in [6.07, 6.45) is 15.1. The molecule has 0 saturated carbocycles. The first kappa shape index (κ1) is 18.9. The zero-order valence-electron chi connectivity index (χ0n) is 13.5. The molecule has 0 spiro atoms. The minimum Gasteiger partial charge on any atom is -0.381 e. The summed E-state index contributed by atoms with van der Waals surface area (Å²) in [4.78, 5) is 0. The lowest BCUT2D eigenvalue weighted by Gasteiger charge is -2.05. The van der Waals surface area contributed by atoms with Crippen molar-refractivity contribution in [1.29, 1.82) is 0 Å². The Morgan fingerprint density at radius 1 is 0.632 bits per heavy atom. The summed E-state index contributed by atoms with van der Waals surface area (Å²) in [6, 6.07) is 0. The molecule has 0 bridgehead atoms. The largest absolute Gasteiger partial charge is 0.381 e. The molecule has 2 nitrogen and oxygen atoms in total. The van der Waals surface area contributed by atoms with E-state index in [4.69, 9.17) is 4.74 Å². The van der Waals surface area contributed by atoms with Gasteiger partial charge in [0.25, 0.3) is 0 Å². The van der Waals surface area contributed by atoms with Crippen molar-refractivity contribution in [2.24, 2.45) is 0 Å². The Morgan fingerprint density at radius 3 is 1.74 bits per heavy atom. The maximum absolute atomic E-state index is 5.61. The Hall–Kier alpha value is -0.0800. The zero-order chi connectivity index (χ0) is 14.0. The van der Waals surface area contributed by atoms with Crippen molar-refractivity contribution in [3.63, 3.8) is 0 Å². The first-order valence-corrected chi connectivity index (χ1v) is 8.70. The highest BCUT2D eigenvalue weighted by Crippen LogP contribution is 2.10. The van der Waals surface area contributed by atoms with Gasteiger partial charge in [-0.1, -0.05) is 71.6 Å². The molecule has 0 rings (SSSR count). The molecule has 2 heteroatoms. The van der Waals surface area contributed by atoms with Crippen molar-refractivity contribution in [3.8, 4) is 0 Å². The zero-order valence-corrected chi connectivity index (χ0v) is 13.5. The van der Waals surface area contributed by atoms with E-state index in [1.54, 1.807) is 0 Å². The summed E-state index contributed by atoms with van der Waals surface area (Å²) in [5.41, 5.74) is 0. The van der Waals surface area contributed by atoms with Crippen LogP contribution in [-0.4, -0.2) is 26.3 Å². The third-order valence-corrected chi connectivity index (χ3v) is 3.53. The second kappa shape index (κ2) is 17.9. The van der Waals surface area contributed by atoms with Crippen molar-refractivity contribution < 1.29 is 4.74 Å². The van der Waals surface area contributed by atoms with Crippen LogP contribution in [-0.2, 0) is 4.74 Å². The van der Waals surface area contributed by atoms with E-state index in [1.807, 2.05) is 0 Å². The SMILES string of the molecule is CCCCCCCCCCCCOCCCNCC. The quantitative estimate of drug-likeness (QED) is 0.402. The smallest absolute Gasteiger partial charge is 0.0478 e. The molecule has 19 heavy (non-hydrogen) atoms. The fourth-order valence-electron chi connectivity index (χ4n) is 2.27. The average Bonchev–Trinajstić information content (AvgIpc) is 2.43. The van der Waals surface area contributed by atoms with E-state index in [9.17, 15) is 0 Å². The molecule has 0 aromatic heterocycles. The van der Waals surface area contributed by atoms with E-state index in [2.05, 4.69) is 19.2 Å². The number of hydrogen-bond donors (Lipinski definition) is 1. The van der Waals surface area contributed by atoms with Crippen LogP contribution in [0.4, 0.5) is 0 Å². The number of hydrogen-bond acceptors (Lipinski definition) is 2. The van der Waals surface area contributed by atoms with Crippen molar-refractivity contribution in [2.75, 3.05) is 26.3 Å². The van der Waals surface area contributed by atoms with Crippen molar-refractivity contribution in [3.05, 3.63) is 0 Å². The lowest BCUT2D eigenvalue weighted by Crippen LogP contribution is -2.15. The molecular formula is C17H37NO. The van der Waals surface area contributed by atoms with E-state index in [1.165, 1.54) is 64.2 Å². The Bertz CT molecular complexity index is 134. The van der Waals surface area contributed by atoms with Crippen LogP contribution in [0.5, 0.6) is 0 Å². The summed E-state index contributed by atoms with van der Waals surface area (Å²) in [6.45, 7) is 8.47. The Labute approximate surface area is 121 Å². The standard InChI is InChI=1S/C17H37NO/c1-3-5-6-7-8-9-10-11-12-13-16-19-17-14-15-18-4-2/h18H,3-17H2,1-2H3. The molecule has 0 atom stereocenters. The number of nitrogens with one attached hydrogen (secondary N) is 1. The van der Waals surface area contributed by atoms with E-state index in [0.29, 0.717) is 0 Å². The van der Waals surface area contributed by atoms with Gasteiger partial charge in [0.2, 0.25) is 0 Å². The fraction of sp³-hybridized carbons (Fsp3) is 1.00. The summed E-state index contributed by atoms with van der Waals surface area (Å²) in [5.74, 6) is 0. The molecule has 0 aromatic carbocycles. The minimum atomic E-state index is 0.921. The highest BCUT2D eigenvalue weighted by Gasteiger charge is 1.93. The van der Waals surface area contributed by atoms with Crippen LogP contribution in [0.3, 0.4) is 0 Å². The lowest BCUT2D eigenvalue weighted by molar-refractivity contribution is 0.127. The van der Waals surface area contributed by atoms with E-state index in [-0.39, 0.29) is 0 Å². The molecule has 0 heterocycles. The van der Waals surface area contributed by atoms with Gasteiger partial charge in [-0.05, 0) is 25.9 Å². The molecule has 1 N–H and O–H groups in total. The number of unbranched alkanes of at least 4 members (excludes halogenated alkanes) is 9. The third kappa shape index (κ3) is 17.9. The molecular weight excluding hydrogens is 234 g/mol. The highest BCUT2D eigenvalue weighted by molar-refractivity contribution is 4.48. The number of rotatable bonds is 16. The van der Waals surface area contributed by atoms with Crippen LogP contribution in [0.15, 0.2) is 0 Å². The third-order valence-electron chi connectivity index (χ3n) is 3.53. The molecule has 0 aromatic rings. The maximum Gasteiger partial charge on any atom is 0.0478 e. The Morgan fingerprint density at radius 2 is 1.16 bits per heavy atom. The van der Waals surface area contributed by atoms with Gasteiger partial charge in [-0.25, -0.2) is 0 Å². The van der Waals surface area contributed by atoms with Gasteiger partial charge in [0.15, 0.2) is 0 Å². The van der Waals surface area contributed by atoms with Crippen LogP contribution in [0.25, 0.3) is 0 Å². The van der Waals surface area contributed by atoms with Crippen molar-refractivity contribution >= 4 is 0 Å². The van der Waals surface area contributed by atoms with Crippen molar-refractivity contribution in [2.45, 2.75) is 84.5 Å². The summed E-state index contributed by atoms with van der Waals surface area (Å²) >= 11 is 0. The lowest BCUT2D eigenvalue weighted by atomic mass is 10.1. The second-order valence-corrected chi connectivity index (χ2v) is 5.50. The van der Waals surface area contributed by atoms with Gasteiger partial charge >= 0.3 is 0 Å². The molecule has 0 unspecified atom stereocenters. The molecule has 0 amide bonds. The molecule has 0 aliphatic rings. The number of ether oxygens (including phenoxy) is 1. The first-order valence-electron chi connectivity index (χ1n) is 8.70. The van der Waals surface area contributed by atoms with Gasteiger partial charge in [0.1, 0.15) is 0 Å².